The first-order valence-electron chi connectivity index (χ1n) is 10.5. The fourth-order valence-electron chi connectivity index (χ4n) is 5.01. The highest BCUT2D eigenvalue weighted by Gasteiger charge is 2.44. The van der Waals surface area contributed by atoms with Gasteiger partial charge in [0.25, 0.3) is 0 Å². The molecule has 3 unspecified atom stereocenters. The van der Waals surface area contributed by atoms with Crippen molar-refractivity contribution in [3.05, 3.63) is 0 Å². The molecular weight excluding hydrogens is 314 g/mol. The van der Waals surface area contributed by atoms with Crippen LogP contribution in [0, 0.1) is 11.3 Å². The number of nitrogens with zero attached hydrogens (tertiary/aromatic N) is 1. The quantitative estimate of drug-likeness (QED) is 0.757. The maximum atomic E-state index is 6.58. The molecule has 25 heavy (non-hydrogen) atoms. The van der Waals surface area contributed by atoms with E-state index in [1.165, 1.54) is 19.3 Å². The Morgan fingerprint density at radius 1 is 1.04 bits per heavy atom. The molecule has 1 aliphatic carbocycles. The van der Waals surface area contributed by atoms with Crippen molar-refractivity contribution in [2.24, 2.45) is 11.3 Å². The van der Waals surface area contributed by atoms with Gasteiger partial charge in [-0.2, -0.15) is 0 Å². The van der Waals surface area contributed by atoms with Gasteiger partial charge in [-0.1, -0.05) is 27.2 Å². The summed E-state index contributed by atoms with van der Waals surface area (Å²) in [5.74, 6) is 0.504. The maximum absolute atomic E-state index is 6.58. The Morgan fingerprint density at radius 3 is 2.28 bits per heavy atom. The second-order valence-corrected chi connectivity index (χ2v) is 9.38. The van der Waals surface area contributed by atoms with E-state index in [1.54, 1.807) is 0 Å². The van der Waals surface area contributed by atoms with E-state index in [0.29, 0.717) is 23.7 Å². The molecule has 3 fully saturated rings. The monoisotopic (exact) mass is 353 g/mol. The first kappa shape index (κ1) is 19.6. The Labute approximate surface area is 154 Å². The largest absolute Gasteiger partial charge is 0.373 e. The Hall–Kier alpha value is -0.160. The van der Waals surface area contributed by atoms with Gasteiger partial charge in [-0.25, -0.2) is 0 Å². The van der Waals surface area contributed by atoms with E-state index in [9.17, 15) is 0 Å². The Balaban J connectivity index is 1.53. The van der Waals surface area contributed by atoms with Crippen LogP contribution in [0.5, 0.6) is 0 Å². The minimum absolute atomic E-state index is 0.299. The average Bonchev–Trinajstić information content (AvgIpc) is 2.54. The SMILES string of the molecule is CCC(C)(C)C1CCC2(CC1)OCCC(CN1CC(C)OC(C)C1)O2. The van der Waals surface area contributed by atoms with Crippen LogP contribution in [0.4, 0.5) is 0 Å². The summed E-state index contributed by atoms with van der Waals surface area (Å²) in [4.78, 5) is 2.52. The van der Waals surface area contributed by atoms with Crippen LogP contribution in [0.25, 0.3) is 0 Å². The summed E-state index contributed by atoms with van der Waals surface area (Å²) < 4.78 is 18.6. The summed E-state index contributed by atoms with van der Waals surface area (Å²) in [5.41, 5.74) is 0.440. The van der Waals surface area contributed by atoms with Crippen molar-refractivity contribution in [3.63, 3.8) is 0 Å². The molecule has 3 aliphatic rings. The summed E-state index contributed by atoms with van der Waals surface area (Å²) in [6.07, 6.45) is 7.82. The zero-order chi connectivity index (χ0) is 18.1. The van der Waals surface area contributed by atoms with Crippen molar-refractivity contribution >= 4 is 0 Å². The molecule has 0 amide bonds. The van der Waals surface area contributed by atoms with Crippen LogP contribution in [0.1, 0.15) is 73.1 Å². The van der Waals surface area contributed by atoms with Crippen molar-refractivity contribution in [3.8, 4) is 0 Å². The van der Waals surface area contributed by atoms with Gasteiger partial charge in [0.1, 0.15) is 0 Å². The van der Waals surface area contributed by atoms with Crippen molar-refractivity contribution in [2.75, 3.05) is 26.2 Å². The second-order valence-electron chi connectivity index (χ2n) is 9.38. The standard InChI is InChI=1S/C21H39NO3/c1-6-20(4,5)18-7-10-21(11-8-18)23-12-9-19(25-21)15-22-13-16(2)24-17(3)14-22/h16-19H,6-15H2,1-5H3. The highest BCUT2D eigenvalue weighted by Crippen LogP contribution is 2.46. The first-order chi connectivity index (χ1) is 11.8. The van der Waals surface area contributed by atoms with Gasteiger partial charge in [0, 0.05) is 32.5 Å². The lowest BCUT2D eigenvalue weighted by molar-refractivity contribution is -0.312. The summed E-state index contributed by atoms with van der Waals surface area (Å²) in [6, 6.07) is 0. The van der Waals surface area contributed by atoms with Gasteiger partial charge in [0.15, 0.2) is 5.79 Å². The van der Waals surface area contributed by atoms with Gasteiger partial charge in [-0.05, 0) is 44.4 Å². The topological polar surface area (TPSA) is 30.9 Å². The smallest absolute Gasteiger partial charge is 0.168 e. The molecule has 2 heterocycles. The van der Waals surface area contributed by atoms with Gasteiger partial charge in [-0.3, -0.25) is 4.90 Å². The predicted molar refractivity (Wildman–Crippen MR) is 101 cm³/mol. The highest BCUT2D eigenvalue weighted by atomic mass is 16.7. The summed E-state index contributed by atoms with van der Waals surface area (Å²) >= 11 is 0. The fraction of sp³-hybridized carbons (Fsp3) is 1.00. The number of hydrogen-bond donors (Lipinski definition) is 0. The van der Waals surface area contributed by atoms with E-state index in [4.69, 9.17) is 14.2 Å². The lowest BCUT2D eigenvalue weighted by Crippen LogP contribution is -2.53. The van der Waals surface area contributed by atoms with E-state index in [0.717, 1.165) is 51.4 Å². The first-order valence-corrected chi connectivity index (χ1v) is 10.5. The normalized spacial score (nSPS) is 41.2. The van der Waals surface area contributed by atoms with E-state index >= 15 is 0 Å². The molecular formula is C21H39NO3. The molecule has 0 aromatic carbocycles. The molecule has 3 atom stereocenters. The van der Waals surface area contributed by atoms with Crippen LogP contribution >= 0.6 is 0 Å². The zero-order valence-corrected chi connectivity index (χ0v) is 17.1. The molecule has 1 saturated carbocycles. The molecule has 0 N–H and O–H groups in total. The Morgan fingerprint density at radius 2 is 1.68 bits per heavy atom. The van der Waals surface area contributed by atoms with Crippen molar-refractivity contribution in [1.82, 2.24) is 4.90 Å². The van der Waals surface area contributed by atoms with E-state index in [2.05, 4.69) is 39.5 Å². The third-order valence-corrected chi connectivity index (χ3v) is 6.91. The summed E-state index contributed by atoms with van der Waals surface area (Å²) in [5, 5.41) is 0. The molecule has 3 rings (SSSR count). The van der Waals surface area contributed by atoms with Gasteiger partial charge in [0.05, 0.1) is 24.9 Å². The number of hydrogen-bond acceptors (Lipinski definition) is 4. The second kappa shape index (κ2) is 7.84. The van der Waals surface area contributed by atoms with Crippen molar-refractivity contribution in [1.29, 1.82) is 0 Å². The highest BCUT2D eigenvalue weighted by molar-refractivity contribution is 4.89. The third kappa shape index (κ3) is 4.77. The molecule has 4 heteroatoms. The molecule has 146 valence electrons. The third-order valence-electron chi connectivity index (χ3n) is 6.91. The van der Waals surface area contributed by atoms with Gasteiger partial charge < -0.3 is 14.2 Å². The zero-order valence-electron chi connectivity index (χ0n) is 17.1. The van der Waals surface area contributed by atoms with Crippen LogP contribution in [0.2, 0.25) is 0 Å². The van der Waals surface area contributed by atoms with Crippen molar-refractivity contribution in [2.45, 2.75) is 97.2 Å². The number of rotatable bonds is 4. The van der Waals surface area contributed by atoms with Gasteiger partial charge >= 0.3 is 0 Å². The molecule has 0 radical (unpaired) electrons. The van der Waals surface area contributed by atoms with Crippen LogP contribution in [0.3, 0.4) is 0 Å². The summed E-state index contributed by atoms with van der Waals surface area (Å²) in [7, 11) is 0. The number of morpholine rings is 1. The Kier molecular flexibility index (Phi) is 6.14. The van der Waals surface area contributed by atoms with Crippen LogP contribution in [-0.4, -0.2) is 55.2 Å². The number of ether oxygens (including phenoxy) is 3. The van der Waals surface area contributed by atoms with E-state index in [-0.39, 0.29) is 5.79 Å². The lowest BCUT2D eigenvalue weighted by Gasteiger charge is -2.48. The average molecular weight is 354 g/mol. The molecule has 1 spiro atoms. The van der Waals surface area contributed by atoms with E-state index < -0.39 is 0 Å². The molecule has 4 nitrogen and oxygen atoms in total. The van der Waals surface area contributed by atoms with Crippen LogP contribution < -0.4 is 0 Å². The van der Waals surface area contributed by atoms with Crippen LogP contribution in [-0.2, 0) is 14.2 Å². The molecule has 0 bridgehead atoms. The minimum atomic E-state index is -0.299. The lowest BCUT2D eigenvalue weighted by atomic mass is 9.68. The molecule has 0 aromatic rings. The van der Waals surface area contributed by atoms with Gasteiger partial charge in [0.2, 0.25) is 0 Å². The molecule has 2 aliphatic heterocycles. The summed E-state index contributed by atoms with van der Waals surface area (Å²) in [6.45, 7) is 15.4. The van der Waals surface area contributed by atoms with Gasteiger partial charge in [-0.15, -0.1) is 0 Å². The Bertz CT molecular complexity index is 421. The van der Waals surface area contributed by atoms with Crippen molar-refractivity contribution < 1.29 is 14.2 Å². The molecule has 0 aromatic heterocycles. The van der Waals surface area contributed by atoms with E-state index in [1.807, 2.05) is 0 Å². The maximum Gasteiger partial charge on any atom is 0.168 e. The minimum Gasteiger partial charge on any atom is -0.373 e. The van der Waals surface area contributed by atoms with Crippen LogP contribution in [0.15, 0.2) is 0 Å². The predicted octanol–water partition coefficient (Wildman–Crippen LogP) is 4.22. The molecule has 2 saturated heterocycles. The fourth-order valence-corrected chi connectivity index (χ4v) is 5.01.